The number of rotatable bonds is 6. The van der Waals surface area contributed by atoms with Crippen molar-refractivity contribution in [3.63, 3.8) is 0 Å². The first-order valence-electron chi connectivity index (χ1n) is 8.67. The molecule has 0 bridgehead atoms. The van der Waals surface area contributed by atoms with Gasteiger partial charge in [-0.05, 0) is 49.1 Å². The molecule has 1 aliphatic carbocycles. The summed E-state index contributed by atoms with van der Waals surface area (Å²) >= 11 is 0. The fourth-order valence-electron chi connectivity index (χ4n) is 2.69. The molecule has 2 amide bonds. The Labute approximate surface area is 147 Å². The summed E-state index contributed by atoms with van der Waals surface area (Å²) in [7, 11) is 0. The maximum Gasteiger partial charge on any atom is 0.251 e. The molecule has 25 heavy (non-hydrogen) atoms. The fraction of sp³-hybridized carbons (Fsp3) is 0.350. The molecule has 1 aromatic carbocycles. The lowest BCUT2D eigenvalue weighted by Crippen LogP contribution is -2.32. The summed E-state index contributed by atoms with van der Waals surface area (Å²) in [5.41, 5.74) is 2.02. The van der Waals surface area contributed by atoms with E-state index in [1.165, 1.54) is 0 Å². The highest BCUT2D eigenvalue weighted by Crippen LogP contribution is 2.30. The van der Waals surface area contributed by atoms with E-state index in [9.17, 15) is 9.59 Å². The summed E-state index contributed by atoms with van der Waals surface area (Å²) < 4.78 is 0. The van der Waals surface area contributed by atoms with E-state index in [4.69, 9.17) is 0 Å². The Kier molecular flexibility index (Phi) is 5.12. The average molecular weight is 337 g/mol. The van der Waals surface area contributed by atoms with Crippen molar-refractivity contribution < 1.29 is 9.59 Å². The summed E-state index contributed by atoms with van der Waals surface area (Å²) in [6, 6.07) is 12.6. The first-order chi connectivity index (χ1) is 12.0. The SMILES string of the molecule is CC(C)[C@@H](NC(=O)c1cccc(NC(=O)C2CC2)c1)c1ccccn1. The third-order valence-electron chi connectivity index (χ3n) is 4.30. The van der Waals surface area contributed by atoms with E-state index >= 15 is 0 Å². The number of benzene rings is 1. The number of carbonyl (C=O) groups excluding carboxylic acids is 2. The second-order valence-electron chi connectivity index (χ2n) is 6.79. The lowest BCUT2D eigenvalue weighted by atomic mass is 9.99. The molecule has 1 atom stereocenters. The quantitative estimate of drug-likeness (QED) is 0.847. The molecule has 5 heteroatoms. The van der Waals surface area contributed by atoms with Gasteiger partial charge in [0.25, 0.3) is 5.91 Å². The van der Waals surface area contributed by atoms with Crippen LogP contribution < -0.4 is 10.6 Å². The first-order valence-corrected chi connectivity index (χ1v) is 8.67. The van der Waals surface area contributed by atoms with Crippen LogP contribution in [0.3, 0.4) is 0 Å². The van der Waals surface area contributed by atoms with Crippen molar-refractivity contribution in [2.75, 3.05) is 5.32 Å². The Balaban J connectivity index is 1.72. The smallest absolute Gasteiger partial charge is 0.251 e. The molecular weight excluding hydrogens is 314 g/mol. The second-order valence-corrected chi connectivity index (χ2v) is 6.79. The molecule has 0 radical (unpaired) electrons. The van der Waals surface area contributed by atoms with Gasteiger partial charge in [0.1, 0.15) is 0 Å². The van der Waals surface area contributed by atoms with Crippen LogP contribution in [0.15, 0.2) is 48.7 Å². The van der Waals surface area contributed by atoms with Gasteiger partial charge in [-0.25, -0.2) is 0 Å². The number of amides is 2. The lowest BCUT2D eigenvalue weighted by Gasteiger charge is -2.22. The number of nitrogens with zero attached hydrogens (tertiary/aromatic N) is 1. The summed E-state index contributed by atoms with van der Waals surface area (Å²) in [6.45, 7) is 4.10. The second kappa shape index (κ2) is 7.47. The molecule has 1 saturated carbocycles. The molecule has 2 aromatic rings. The number of aromatic nitrogens is 1. The van der Waals surface area contributed by atoms with Crippen LogP contribution in [0.1, 0.15) is 48.8 Å². The standard InChI is InChI=1S/C20H23N3O2/c1-13(2)18(17-8-3-4-11-21-17)23-20(25)15-6-5-7-16(12-15)22-19(24)14-9-10-14/h3-8,11-14,18H,9-10H2,1-2H3,(H,22,24)(H,23,25)/t18-/m1/s1. The minimum Gasteiger partial charge on any atom is -0.343 e. The van der Waals surface area contributed by atoms with Gasteiger partial charge in [-0.3, -0.25) is 14.6 Å². The van der Waals surface area contributed by atoms with Crippen molar-refractivity contribution in [2.45, 2.75) is 32.7 Å². The number of anilines is 1. The zero-order valence-corrected chi connectivity index (χ0v) is 14.5. The van der Waals surface area contributed by atoms with Gasteiger partial charge in [0.2, 0.25) is 5.91 Å². The fourth-order valence-corrected chi connectivity index (χ4v) is 2.69. The molecule has 0 aliphatic heterocycles. The molecule has 0 saturated heterocycles. The number of hydrogen-bond acceptors (Lipinski definition) is 3. The topological polar surface area (TPSA) is 71.1 Å². The van der Waals surface area contributed by atoms with E-state index in [-0.39, 0.29) is 29.7 Å². The number of nitrogens with one attached hydrogen (secondary N) is 2. The van der Waals surface area contributed by atoms with Crippen LogP contribution >= 0.6 is 0 Å². The summed E-state index contributed by atoms with van der Waals surface area (Å²) in [4.78, 5) is 28.9. The number of pyridine rings is 1. The van der Waals surface area contributed by atoms with Crippen LogP contribution in [-0.4, -0.2) is 16.8 Å². The molecule has 1 heterocycles. The van der Waals surface area contributed by atoms with Crippen molar-refractivity contribution in [1.29, 1.82) is 0 Å². The summed E-state index contributed by atoms with van der Waals surface area (Å²) in [6.07, 6.45) is 3.63. The Morgan fingerprint density at radius 1 is 1.12 bits per heavy atom. The molecule has 1 fully saturated rings. The largest absolute Gasteiger partial charge is 0.343 e. The third kappa shape index (κ3) is 4.44. The zero-order valence-electron chi connectivity index (χ0n) is 14.5. The van der Waals surface area contributed by atoms with Crippen LogP contribution in [0, 0.1) is 11.8 Å². The first kappa shape index (κ1) is 17.1. The molecule has 1 aliphatic rings. The Morgan fingerprint density at radius 3 is 2.56 bits per heavy atom. The predicted octanol–water partition coefficient (Wildman–Crippen LogP) is 3.56. The van der Waals surface area contributed by atoms with Gasteiger partial charge in [0.15, 0.2) is 0 Å². The van der Waals surface area contributed by atoms with Crippen LogP contribution in [0.25, 0.3) is 0 Å². The van der Waals surface area contributed by atoms with E-state index in [0.717, 1.165) is 18.5 Å². The summed E-state index contributed by atoms with van der Waals surface area (Å²) in [5, 5.41) is 5.93. The van der Waals surface area contributed by atoms with Crippen LogP contribution in [0.5, 0.6) is 0 Å². The Morgan fingerprint density at radius 2 is 1.92 bits per heavy atom. The monoisotopic (exact) mass is 337 g/mol. The van der Waals surface area contributed by atoms with Crippen molar-refractivity contribution >= 4 is 17.5 Å². The van der Waals surface area contributed by atoms with Crippen LogP contribution in [0.2, 0.25) is 0 Å². The normalized spacial score (nSPS) is 14.8. The highest BCUT2D eigenvalue weighted by molar-refractivity contribution is 5.98. The van der Waals surface area contributed by atoms with Crippen molar-refractivity contribution in [3.05, 3.63) is 59.9 Å². The molecule has 0 unspecified atom stereocenters. The van der Waals surface area contributed by atoms with Crippen LogP contribution in [-0.2, 0) is 4.79 Å². The van der Waals surface area contributed by atoms with Crippen molar-refractivity contribution in [2.24, 2.45) is 11.8 Å². The molecule has 0 spiro atoms. The van der Waals surface area contributed by atoms with Gasteiger partial charge in [0, 0.05) is 23.4 Å². The number of hydrogen-bond donors (Lipinski definition) is 2. The third-order valence-corrected chi connectivity index (χ3v) is 4.30. The molecule has 130 valence electrons. The molecule has 5 nitrogen and oxygen atoms in total. The maximum atomic E-state index is 12.7. The van der Waals surface area contributed by atoms with Gasteiger partial charge >= 0.3 is 0 Å². The maximum absolute atomic E-state index is 12.7. The van der Waals surface area contributed by atoms with Crippen molar-refractivity contribution in [1.82, 2.24) is 10.3 Å². The highest BCUT2D eigenvalue weighted by atomic mass is 16.2. The van der Waals surface area contributed by atoms with E-state index in [0.29, 0.717) is 11.3 Å². The van der Waals surface area contributed by atoms with Gasteiger partial charge < -0.3 is 10.6 Å². The molecule has 3 rings (SSSR count). The van der Waals surface area contributed by atoms with E-state index < -0.39 is 0 Å². The van der Waals surface area contributed by atoms with Gasteiger partial charge in [-0.1, -0.05) is 26.0 Å². The minimum absolute atomic E-state index is 0.0334. The van der Waals surface area contributed by atoms with Gasteiger partial charge in [0.05, 0.1) is 11.7 Å². The van der Waals surface area contributed by atoms with Crippen molar-refractivity contribution in [3.8, 4) is 0 Å². The van der Waals surface area contributed by atoms with Gasteiger partial charge in [-0.15, -0.1) is 0 Å². The lowest BCUT2D eigenvalue weighted by molar-refractivity contribution is -0.117. The number of carbonyl (C=O) groups is 2. The van der Waals surface area contributed by atoms with Crippen LogP contribution in [0.4, 0.5) is 5.69 Å². The minimum atomic E-state index is -0.174. The van der Waals surface area contributed by atoms with E-state index in [2.05, 4.69) is 15.6 Å². The molecule has 1 aromatic heterocycles. The predicted molar refractivity (Wildman–Crippen MR) is 97.1 cm³/mol. The summed E-state index contributed by atoms with van der Waals surface area (Å²) in [5.74, 6) is 0.196. The average Bonchev–Trinajstić information content (AvgIpc) is 3.45. The molecular formula is C20H23N3O2. The van der Waals surface area contributed by atoms with Gasteiger partial charge in [-0.2, -0.15) is 0 Å². The van der Waals surface area contributed by atoms with E-state index in [1.807, 2.05) is 32.0 Å². The Hall–Kier alpha value is -2.69. The Bertz CT molecular complexity index is 755. The highest BCUT2D eigenvalue weighted by Gasteiger charge is 2.29. The molecule has 2 N–H and O–H groups in total. The van der Waals surface area contributed by atoms with E-state index in [1.54, 1.807) is 30.5 Å². The zero-order chi connectivity index (χ0) is 17.8.